The number of ether oxygens (including phenoxy) is 2. The smallest absolute Gasteiger partial charge is 0.362 e. The second-order valence-corrected chi connectivity index (χ2v) is 11.2. The van der Waals surface area contributed by atoms with Crippen molar-refractivity contribution in [1.82, 2.24) is 9.80 Å². The summed E-state index contributed by atoms with van der Waals surface area (Å²) in [6.07, 6.45) is 0. The van der Waals surface area contributed by atoms with Crippen molar-refractivity contribution in [3.63, 3.8) is 0 Å². The zero-order valence-electron chi connectivity index (χ0n) is 22.4. The van der Waals surface area contributed by atoms with Gasteiger partial charge in [-0.3, -0.25) is 14.2 Å². The van der Waals surface area contributed by atoms with Gasteiger partial charge in [-0.2, -0.15) is 0 Å². The van der Waals surface area contributed by atoms with Gasteiger partial charge < -0.3 is 28.3 Å². The summed E-state index contributed by atoms with van der Waals surface area (Å²) in [7, 11) is -0.886. The number of hydrogen-bond donors (Lipinski definition) is 0. The average molecular weight is 533 g/mol. The van der Waals surface area contributed by atoms with E-state index < -0.39 is 25.3 Å². The predicted octanol–water partition coefficient (Wildman–Crippen LogP) is 4.69. The predicted molar refractivity (Wildman–Crippen MR) is 140 cm³/mol. The monoisotopic (exact) mass is 532 g/mol. The highest BCUT2D eigenvalue weighted by molar-refractivity contribution is 7.55. The third kappa shape index (κ3) is 6.35. The summed E-state index contributed by atoms with van der Waals surface area (Å²) in [5, 5.41) is 0. The van der Waals surface area contributed by atoms with Crippen molar-refractivity contribution >= 4 is 19.4 Å². The maximum absolute atomic E-state index is 14.2. The highest BCUT2D eigenvalue weighted by Crippen LogP contribution is 2.56. The van der Waals surface area contributed by atoms with Crippen molar-refractivity contribution in [1.29, 1.82) is 0 Å². The molecular formula is C27H37N2O7P. The van der Waals surface area contributed by atoms with Crippen molar-refractivity contribution < 1.29 is 32.7 Å². The summed E-state index contributed by atoms with van der Waals surface area (Å²) >= 11 is 0. The first-order valence-electron chi connectivity index (χ1n) is 12.4. The van der Waals surface area contributed by atoms with Gasteiger partial charge in [-0.25, -0.2) is 0 Å². The third-order valence-corrected chi connectivity index (χ3v) is 8.58. The largest absolute Gasteiger partial charge is 0.497 e. The van der Waals surface area contributed by atoms with E-state index >= 15 is 0 Å². The number of benzene rings is 2. The van der Waals surface area contributed by atoms with E-state index in [1.807, 2.05) is 38.1 Å². The molecule has 1 aliphatic rings. The van der Waals surface area contributed by atoms with Crippen LogP contribution in [0.3, 0.4) is 0 Å². The Labute approximate surface area is 219 Å². The SMILES string of the molecule is CCOP(=O)(OCC)[C@@H]1C(=O)N(Cc2ccc(OC)cc2)[C@@H](C(C)C)C(=O)N1Cc1ccc(OC)cc1. The molecule has 0 N–H and O–H groups in total. The maximum atomic E-state index is 14.2. The first-order chi connectivity index (χ1) is 17.7. The van der Waals surface area contributed by atoms with Gasteiger partial charge in [0, 0.05) is 13.1 Å². The molecule has 1 fully saturated rings. The molecule has 0 aliphatic carbocycles. The van der Waals surface area contributed by atoms with Crippen LogP contribution in [0, 0.1) is 5.92 Å². The van der Waals surface area contributed by atoms with Gasteiger partial charge in [0.1, 0.15) is 17.5 Å². The van der Waals surface area contributed by atoms with Crippen molar-refractivity contribution in [3.05, 3.63) is 59.7 Å². The number of amides is 2. The molecule has 0 spiro atoms. The quantitative estimate of drug-likeness (QED) is 0.366. The summed E-state index contributed by atoms with van der Waals surface area (Å²) in [6.45, 7) is 7.53. The van der Waals surface area contributed by atoms with E-state index in [0.717, 1.165) is 11.1 Å². The highest BCUT2D eigenvalue weighted by Gasteiger charge is 2.56. The second-order valence-electron chi connectivity index (χ2n) is 9.07. The first kappa shape index (κ1) is 28.7. The zero-order valence-corrected chi connectivity index (χ0v) is 23.3. The molecule has 0 bridgehead atoms. The van der Waals surface area contributed by atoms with Crippen LogP contribution in [-0.2, 0) is 36.3 Å². The van der Waals surface area contributed by atoms with Crippen LogP contribution in [-0.4, -0.2) is 60.9 Å². The van der Waals surface area contributed by atoms with Crippen molar-refractivity contribution in [2.75, 3.05) is 27.4 Å². The average Bonchev–Trinajstić information content (AvgIpc) is 2.88. The number of methoxy groups -OCH3 is 2. The molecule has 3 rings (SSSR count). The van der Waals surface area contributed by atoms with Gasteiger partial charge in [-0.05, 0) is 55.2 Å². The molecule has 1 saturated heterocycles. The minimum absolute atomic E-state index is 0.0672. The molecule has 2 amide bonds. The third-order valence-electron chi connectivity index (χ3n) is 6.24. The summed E-state index contributed by atoms with van der Waals surface area (Å²) in [5.74, 6) is -1.01. The van der Waals surface area contributed by atoms with Crippen LogP contribution >= 0.6 is 7.60 Å². The van der Waals surface area contributed by atoms with E-state index in [0.29, 0.717) is 11.5 Å². The molecule has 0 saturated carbocycles. The van der Waals surface area contributed by atoms with Crippen LogP contribution < -0.4 is 9.47 Å². The van der Waals surface area contributed by atoms with E-state index in [1.165, 1.54) is 9.80 Å². The molecule has 0 aromatic heterocycles. The van der Waals surface area contributed by atoms with E-state index in [4.69, 9.17) is 18.5 Å². The minimum Gasteiger partial charge on any atom is -0.497 e. The number of carbonyl (C=O) groups excluding carboxylic acids is 2. The van der Waals surface area contributed by atoms with E-state index in [2.05, 4.69) is 0 Å². The fourth-order valence-corrected chi connectivity index (χ4v) is 6.56. The van der Waals surface area contributed by atoms with Crippen molar-refractivity contribution in [3.8, 4) is 11.5 Å². The molecular weight excluding hydrogens is 495 g/mol. The Morgan fingerprint density at radius 1 is 0.757 bits per heavy atom. The van der Waals surface area contributed by atoms with Crippen molar-refractivity contribution in [2.24, 2.45) is 5.92 Å². The Morgan fingerprint density at radius 2 is 1.19 bits per heavy atom. The lowest BCUT2D eigenvalue weighted by atomic mass is 9.96. The molecule has 1 heterocycles. The van der Waals surface area contributed by atoms with Crippen LogP contribution in [0.15, 0.2) is 48.5 Å². The minimum atomic E-state index is -4.04. The molecule has 37 heavy (non-hydrogen) atoms. The van der Waals surface area contributed by atoms with Crippen LogP contribution in [0.1, 0.15) is 38.8 Å². The summed E-state index contributed by atoms with van der Waals surface area (Å²) in [4.78, 5) is 31.1. The van der Waals surface area contributed by atoms with Gasteiger partial charge in [0.15, 0.2) is 0 Å². The van der Waals surface area contributed by atoms with Gasteiger partial charge in [0.05, 0.1) is 27.4 Å². The van der Waals surface area contributed by atoms with Gasteiger partial charge >= 0.3 is 7.60 Å². The lowest BCUT2D eigenvalue weighted by Crippen LogP contribution is -2.65. The molecule has 0 unspecified atom stereocenters. The van der Waals surface area contributed by atoms with Gasteiger partial charge in [0.25, 0.3) is 5.91 Å². The van der Waals surface area contributed by atoms with Gasteiger partial charge in [0.2, 0.25) is 11.7 Å². The maximum Gasteiger partial charge on any atom is 0.362 e. The molecule has 0 radical (unpaired) electrons. The Morgan fingerprint density at radius 3 is 1.57 bits per heavy atom. The fourth-order valence-electron chi connectivity index (χ4n) is 4.53. The van der Waals surface area contributed by atoms with Crippen LogP contribution in [0.2, 0.25) is 0 Å². The molecule has 2 aromatic rings. The van der Waals surface area contributed by atoms with Crippen LogP contribution in [0.25, 0.3) is 0 Å². The Bertz CT molecular complexity index is 1090. The fraction of sp³-hybridized carbons (Fsp3) is 0.481. The normalized spacial score (nSPS) is 18.5. The Kier molecular flexibility index (Phi) is 9.76. The molecule has 1 aliphatic heterocycles. The van der Waals surface area contributed by atoms with Crippen molar-refractivity contribution in [2.45, 2.75) is 52.6 Å². The van der Waals surface area contributed by atoms with E-state index in [9.17, 15) is 14.2 Å². The molecule has 10 heteroatoms. The van der Waals surface area contributed by atoms with Crippen LogP contribution in [0.5, 0.6) is 11.5 Å². The number of piperazine rings is 1. The van der Waals surface area contributed by atoms with E-state index in [1.54, 1.807) is 52.3 Å². The zero-order chi connectivity index (χ0) is 27.2. The summed E-state index contributed by atoms with van der Waals surface area (Å²) in [5.41, 5.74) is 1.58. The Balaban J connectivity index is 2.07. The van der Waals surface area contributed by atoms with Crippen LogP contribution in [0.4, 0.5) is 0 Å². The number of nitrogens with zero attached hydrogens (tertiary/aromatic N) is 2. The Hall–Kier alpha value is -2.87. The second kappa shape index (κ2) is 12.6. The summed E-state index contributed by atoms with van der Waals surface area (Å²) < 4.78 is 35.8. The number of carbonyl (C=O) groups is 2. The highest BCUT2D eigenvalue weighted by atomic mass is 31.2. The number of hydrogen-bond acceptors (Lipinski definition) is 7. The van der Waals surface area contributed by atoms with E-state index in [-0.39, 0.29) is 38.1 Å². The standard InChI is InChI=1S/C27H37N2O7P/c1-7-35-37(32,36-8-2)27-26(31)28(17-20-9-13-22(33-5)14-10-20)24(19(3)4)25(30)29(27)18-21-11-15-23(34-6)16-12-21/h9-16,19,24,27H,7-8,17-18H2,1-6H3/t24-,27+/m0/s1. The first-order valence-corrected chi connectivity index (χ1v) is 14.1. The summed E-state index contributed by atoms with van der Waals surface area (Å²) in [6, 6.07) is 13.7. The molecule has 2 atom stereocenters. The lowest BCUT2D eigenvalue weighted by Gasteiger charge is -2.47. The molecule has 9 nitrogen and oxygen atoms in total. The van der Waals surface area contributed by atoms with Gasteiger partial charge in [-0.15, -0.1) is 0 Å². The topological polar surface area (TPSA) is 94.6 Å². The van der Waals surface area contributed by atoms with Gasteiger partial charge in [-0.1, -0.05) is 38.1 Å². The molecule has 2 aromatic carbocycles. The lowest BCUT2D eigenvalue weighted by molar-refractivity contribution is -0.162. The molecule has 202 valence electrons. The number of rotatable bonds is 12.